The van der Waals surface area contributed by atoms with E-state index in [0.29, 0.717) is 10.1 Å². The predicted octanol–water partition coefficient (Wildman–Crippen LogP) is 2.69. The topological polar surface area (TPSA) is 30.2 Å². The van der Waals surface area contributed by atoms with Crippen molar-refractivity contribution in [3.05, 3.63) is 45.0 Å². The number of hydrogen-bond acceptors (Lipinski definition) is 2. The minimum Gasteiger partial charge on any atom is -0.463 e. The number of halogens is 2. The van der Waals surface area contributed by atoms with Crippen molar-refractivity contribution in [2.75, 3.05) is 0 Å². The summed E-state index contributed by atoms with van der Waals surface area (Å²) in [6.45, 7) is 0. The van der Waals surface area contributed by atoms with Crippen LogP contribution in [0.2, 0.25) is 0 Å². The Morgan fingerprint density at radius 3 is 2.92 bits per heavy atom. The molecule has 0 radical (unpaired) electrons. The van der Waals surface area contributed by atoms with Crippen molar-refractivity contribution in [1.29, 1.82) is 0 Å². The molecule has 0 aliphatic heterocycles. The summed E-state index contributed by atoms with van der Waals surface area (Å²) in [7, 11) is 0. The van der Waals surface area contributed by atoms with Crippen molar-refractivity contribution in [2.45, 2.75) is 0 Å². The van der Waals surface area contributed by atoms with Gasteiger partial charge in [0, 0.05) is 6.07 Å². The van der Waals surface area contributed by atoms with Gasteiger partial charge in [-0.2, -0.15) is 0 Å². The second-order valence-electron chi connectivity index (χ2n) is 2.55. The first-order valence-corrected chi connectivity index (χ1v) is 4.34. The van der Waals surface area contributed by atoms with Crippen molar-refractivity contribution in [2.24, 2.45) is 0 Å². The lowest BCUT2D eigenvalue weighted by molar-refractivity contribution is 0.594. The first kappa shape index (κ1) is 8.44. The van der Waals surface area contributed by atoms with Crippen LogP contribution in [-0.2, 0) is 0 Å². The summed E-state index contributed by atoms with van der Waals surface area (Å²) in [6, 6.07) is 3.67. The Morgan fingerprint density at radius 2 is 2.15 bits per heavy atom. The number of rotatable bonds is 0. The summed E-state index contributed by atoms with van der Waals surface area (Å²) in [5.74, 6) is -0.460. The molecule has 2 nitrogen and oxygen atoms in total. The van der Waals surface area contributed by atoms with Gasteiger partial charge in [-0.1, -0.05) is 0 Å². The van der Waals surface area contributed by atoms with Gasteiger partial charge in [0.05, 0.1) is 16.1 Å². The SMILES string of the molecule is O=c1ccoc2c(Br)cc(F)cc12. The molecule has 1 aromatic heterocycles. The van der Waals surface area contributed by atoms with Crippen molar-refractivity contribution < 1.29 is 8.81 Å². The number of fused-ring (bicyclic) bond motifs is 1. The van der Waals surface area contributed by atoms with Crippen LogP contribution >= 0.6 is 15.9 Å². The second kappa shape index (κ2) is 2.96. The zero-order valence-electron chi connectivity index (χ0n) is 6.38. The lowest BCUT2D eigenvalue weighted by atomic mass is 10.2. The fourth-order valence-corrected chi connectivity index (χ4v) is 1.64. The van der Waals surface area contributed by atoms with Gasteiger partial charge in [-0.15, -0.1) is 0 Å². The quantitative estimate of drug-likeness (QED) is 0.712. The van der Waals surface area contributed by atoms with E-state index in [2.05, 4.69) is 15.9 Å². The van der Waals surface area contributed by atoms with Gasteiger partial charge in [-0.05, 0) is 28.1 Å². The van der Waals surface area contributed by atoms with E-state index in [1.807, 2.05) is 0 Å². The van der Waals surface area contributed by atoms with Gasteiger partial charge in [0.1, 0.15) is 5.82 Å². The Kier molecular flexibility index (Phi) is 1.92. The van der Waals surface area contributed by atoms with E-state index < -0.39 is 5.82 Å². The minimum absolute atomic E-state index is 0.245. The first-order chi connectivity index (χ1) is 6.18. The van der Waals surface area contributed by atoms with Gasteiger partial charge in [0.25, 0.3) is 0 Å². The zero-order valence-corrected chi connectivity index (χ0v) is 7.97. The average molecular weight is 243 g/mol. The highest BCUT2D eigenvalue weighted by Gasteiger charge is 2.05. The molecule has 0 aliphatic carbocycles. The van der Waals surface area contributed by atoms with Crippen molar-refractivity contribution >= 4 is 26.9 Å². The molecule has 0 atom stereocenters. The highest BCUT2D eigenvalue weighted by molar-refractivity contribution is 9.10. The van der Waals surface area contributed by atoms with Crippen LogP contribution in [0.25, 0.3) is 11.0 Å². The molecule has 13 heavy (non-hydrogen) atoms. The molecule has 0 bridgehead atoms. The van der Waals surface area contributed by atoms with E-state index in [1.54, 1.807) is 0 Å². The zero-order chi connectivity index (χ0) is 9.42. The van der Waals surface area contributed by atoms with E-state index in [9.17, 15) is 9.18 Å². The second-order valence-corrected chi connectivity index (χ2v) is 3.40. The Hall–Kier alpha value is -1.16. The van der Waals surface area contributed by atoms with Crippen LogP contribution in [0.1, 0.15) is 0 Å². The minimum atomic E-state index is -0.460. The van der Waals surface area contributed by atoms with Crippen LogP contribution in [0.15, 0.2) is 38.1 Å². The number of hydrogen-bond donors (Lipinski definition) is 0. The summed E-state index contributed by atoms with van der Waals surface area (Å²) in [4.78, 5) is 11.2. The largest absolute Gasteiger partial charge is 0.463 e. The van der Waals surface area contributed by atoms with E-state index in [-0.39, 0.29) is 10.8 Å². The normalized spacial score (nSPS) is 10.6. The molecule has 0 saturated carbocycles. The third-order valence-electron chi connectivity index (χ3n) is 1.68. The molecule has 0 spiro atoms. The maximum Gasteiger partial charge on any atom is 0.192 e. The van der Waals surface area contributed by atoms with Crippen LogP contribution in [0, 0.1) is 5.82 Å². The summed E-state index contributed by atoms with van der Waals surface area (Å²) >= 11 is 3.11. The molecule has 0 N–H and O–H groups in total. The van der Waals surface area contributed by atoms with Crippen LogP contribution in [0.5, 0.6) is 0 Å². The maximum atomic E-state index is 12.9. The number of benzene rings is 1. The van der Waals surface area contributed by atoms with Crippen LogP contribution in [-0.4, -0.2) is 0 Å². The Labute approximate surface area is 81.1 Å². The highest BCUT2D eigenvalue weighted by Crippen LogP contribution is 2.22. The standard InChI is InChI=1S/C9H4BrFO2/c10-7-4-5(11)3-6-8(12)1-2-13-9(6)7/h1-4H. The van der Waals surface area contributed by atoms with Gasteiger partial charge in [0.2, 0.25) is 0 Å². The van der Waals surface area contributed by atoms with E-state index in [4.69, 9.17) is 4.42 Å². The predicted molar refractivity (Wildman–Crippen MR) is 50.1 cm³/mol. The molecule has 4 heteroatoms. The molecule has 2 rings (SSSR count). The molecule has 0 aliphatic rings. The lowest BCUT2D eigenvalue weighted by Gasteiger charge is -1.97. The Balaban J connectivity index is 3.03. The summed E-state index contributed by atoms with van der Waals surface area (Å²) < 4.78 is 18.4. The van der Waals surface area contributed by atoms with Crippen molar-refractivity contribution in [1.82, 2.24) is 0 Å². The highest BCUT2D eigenvalue weighted by atomic mass is 79.9. The van der Waals surface area contributed by atoms with Gasteiger partial charge in [-0.25, -0.2) is 4.39 Å². The average Bonchev–Trinajstić information content (AvgIpc) is 2.07. The molecular weight excluding hydrogens is 239 g/mol. The molecule has 0 unspecified atom stereocenters. The molecule has 0 fully saturated rings. The van der Waals surface area contributed by atoms with Crippen molar-refractivity contribution in [3.63, 3.8) is 0 Å². The summed E-state index contributed by atoms with van der Waals surface area (Å²) in [6.07, 6.45) is 1.29. The summed E-state index contributed by atoms with van der Waals surface area (Å²) in [5, 5.41) is 0.245. The van der Waals surface area contributed by atoms with Crippen LogP contribution < -0.4 is 5.43 Å². The lowest BCUT2D eigenvalue weighted by Crippen LogP contribution is -1.98. The fourth-order valence-electron chi connectivity index (χ4n) is 1.12. The molecule has 1 heterocycles. The van der Waals surface area contributed by atoms with E-state index in [1.165, 1.54) is 18.4 Å². The molecule has 0 amide bonds. The van der Waals surface area contributed by atoms with Gasteiger partial charge in [-0.3, -0.25) is 4.79 Å². The third kappa shape index (κ3) is 1.37. The van der Waals surface area contributed by atoms with Crippen LogP contribution in [0.3, 0.4) is 0 Å². The maximum absolute atomic E-state index is 12.9. The van der Waals surface area contributed by atoms with Gasteiger partial charge < -0.3 is 4.42 Å². The van der Waals surface area contributed by atoms with Gasteiger partial charge in [0.15, 0.2) is 11.0 Å². The fraction of sp³-hybridized carbons (Fsp3) is 0. The molecule has 66 valence electrons. The first-order valence-electron chi connectivity index (χ1n) is 3.55. The van der Waals surface area contributed by atoms with E-state index >= 15 is 0 Å². The third-order valence-corrected chi connectivity index (χ3v) is 2.27. The van der Waals surface area contributed by atoms with Crippen LogP contribution in [0.4, 0.5) is 4.39 Å². The smallest absolute Gasteiger partial charge is 0.192 e. The van der Waals surface area contributed by atoms with E-state index in [0.717, 1.165) is 6.07 Å². The summed E-state index contributed by atoms with van der Waals surface area (Å²) in [5.41, 5.74) is 0.121. The molecule has 2 aromatic rings. The monoisotopic (exact) mass is 242 g/mol. The molecular formula is C9H4BrFO2. The molecule has 1 aromatic carbocycles. The van der Waals surface area contributed by atoms with Crippen molar-refractivity contribution in [3.8, 4) is 0 Å². The Bertz CT molecular complexity index is 518. The Morgan fingerprint density at radius 1 is 1.38 bits per heavy atom. The molecule has 0 saturated heterocycles. The van der Waals surface area contributed by atoms with Gasteiger partial charge >= 0.3 is 0 Å².